The monoisotopic (exact) mass is 268 g/mol. The summed E-state index contributed by atoms with van der Waals surface area (Å²) in [5, 5.41) is 0. The second-order valence-electron chi connectivity index (χ2n) is 5.50. The zero-order valence-electron chi connectivity index (χ0n) is 11.2. The number of ketones is 3. The molecule has 0 atom stereocenters. The van der Waals surface area contributed by atoms with Crippen molar-refractivity contribution in [1.82, 2.24) is 0 Å². The van der Waals surface area contributed by atoms with E-state index in [4.69, 9.17) is 0 Å². The van der Waals surface area contributed by atoms with Crippen LogP contribution in [-0.4, -0.2) is 17.3 Å². The summed E-state index contributed by atoms with van der Waals surface area (Å²) >= 11 is 0. The summed E-state index contributed by atoms with van der Waals surface area (Å²) in [4.78, 5) is 36.7. The van der Waals surface area contributed by atoms with E-state index in [2.05, 4.69) is 0 Å². The van der Waals surface area contributed by atoms with Gasteiger partial charge in [-0.2, -0.15) is 0 Å². The number of carbonyl (C=O) groups is 3. The van der Waals surface area contributed by atoms with Crippen LogP contribution in [0.2, 0.25) is 0 Å². The maximum atomic E-state index is 12.5. The quantitative estimate of drug-likeness (QED) is 0.612. The minimum absolute atomic E-state index is 0.0839. The van der Waals surface area contributed by atoms with Crippen LogP contribution in [-0.2, 0) is 9.59 Å². The van der Waals surface area contributed by atoms with Crippen molar-refractivity contribution in [3.63, 3.8) is 0 Å². The van der Waals surface area contributed by atoms with E-state index < -0.39 is 11.6 Å². The molecular weight excluding hydrogens is 252 g/mol. The fraction of sp³-hybridized carbons (Fsp3) is 0.353. The Bertz CT molecular complexity index is 619. The first-order valence-electron chi connectivity index (χ1n) is 7.12. The molecule has 3 rings (SSSR count). The van der Waals surface area contributed by atoms with Gasteiger partial charge in [-0.05, 0) is 24.5 Å². The number of hydrogen-bond acceptors (Lipinski definition) is 3. The van der Waals surface area contributed by atoms with Gasteiger partial charge in [0.2, 0.25) is 11.6 Å². The van der Waals surface area contributed by atoms with Gasteiger partial charge in [-0.3, -0.25) is 14.4 Å². The molecule has 0 amide bonds. The summed E-state index contributed by atoms with van der Waals surface area (Å²) in [7, 11) is 0. The van der Waals surface area contributed by atoms with E-state index >= 15 is 0 Å². The molecule has 0 spiro atoms. The molecule has 3 heteroatoms. The molecule has 1 aromatic carbocycles. The molecule has 0 bridgehead atoms. The largest absolute Gasteiger partial charge is 0.294 e. The molecule has 0 aromatic heterocycles. The lowest BCUT2D eigenvalue weighted by Crippen LogP contribution is -2.30. The van der Waals surface area contributed by atoms with E-state index in [1.807, 2.05) is 0 Å². The highest BCUT2D eigenvalue weighted by Gasteiger charge is 2.34. The van der Waals surface area contributed by atoms with Crippen LogP contribution in [0.5, 0.6) is 0 Å². The molecule has 3 nitrogen and oxygen atoms in total. The van der Waals surface area contributed by atoms with Gasteiger partial charge in [0.1, 0.15) is 0 Å². The number of allylic oxidation sites excluding steroid dienone is 1. The summed E-state index contributed by atoms with van der Waals surface area (Å²) < 4.78 is 0. The van der Waals surface area contributed by atoms with Gasteiger partial charge in [-0.1, -0.05) is 43.5 Å². The highest BCUT2D eigenvalue weighted by molar-refractivity contribution is 6.57. The molecule has 2 aliphatic rings. The summed E-state index contributed by atoms with van der Waals surface area (Å²) in [6.07, 6.45) is 6.47. The lowest BCUT2D eigenvalue weighted by atomic mass is 9.79. The van der Waals surface area contributed by atoms with Crippen molar-refractivity contribution in [2.75, 3.05) is 0 Å². The van der Waals surface area contributed by atoms with Crippen LogP contribution in [0.4, 0.5) is 0 Å². The van der Waals surface area contributed by atoms with Gasteiger partial charge in [-0.25, -0.2) is 0 Å². The van der Waals surface area contributed by atoms with Crippen molar-refractivity contribution >= 4 is 23.4 Å². The zero-order chi connectivity index (χ0) is 14.1. The van der Waals surface area contributed by atoms with Crippen molar-refractivity contribution in [2.24, 2.45) is 5.92 Å². The van der Waals surface area contributed by atoms with Crippen molar-refractivity contribution < 1.29 is 14.4 Å². The van der Waals surface area contributed by atoms with Gasteiger partial charge in [-0.15, -0.1) is 0 Å². The topological polar surface area (TPSA) is 51.2 Å². The highest BCUT2D eigenvalue weighted by atomic mass is 16.2. The number of Topliss-reactive ketones (excluding diaryl/α,β-unsaturated/α-hetero) is 3. The predicted octanol–water partition coefficient (Wildman–Crippen LogP) is 2.98. The molecule has 0 unspecified atom stereocenters. The number of rotatable bonds is 2. The predicted molar refractivity (Wildman–Crippen MR) is 75.3 cm³/mol. The van der Waals surface area contributed by atoms with E-state index in [0.717, 1.165) is 32.1 Å². The molecule has 20 heavy (non-hydrogen) atoms. The fourth-order valence-corrected chi connectivity index (χ4v) is 3.06. The highest BCUT2D eigenvalue weighted by Crippen LogP contribution is 2.30. The minimum atomic E-state index is -0.640. The Balaban J connectivity index is 1.97. The van der Waals surface area contributed by atoms with Gasteiger partial charge in [0.05, 0.1) is 5.57 Å². The van der Waals surface area contributed by atoms with Gasteiger partial charge in [0, 0.05) is 11.5 Å². The third kappa shape index (κ3) is 2.13. The van der Waals surface area contributed by atoms with Crippen molar-refractivity contribution in [3.05, 3.63) is 41.0 Å². The van der Waals surface area contributed by atoms with Crippen LogP contribution in [0, 0.1) is 5.92 Å². The SMILES string of the molecule is O=C1C(=O)c2ccccc2C=C1C(=O)C1CCCCC1. The summed E-state index contributed by atoms with van der Waals surface area (Å²) in [5.41, 5.74) is 1.16. The molecule has 0 aliphatic heterocycles. The third-order valence-electron chi connectivity index (χ3n) is 4.20. The molecule has 1 aromatic rings. The zero-order valence-corrected chi connectivity index (χ0v) is 11.2. The first kappa shape index (κ1) is 13.0. The van der Waals surface area contributed by atoms with Crippen LogP contribution in [0.15, 0.2) is 29.8 Å². The molecule has 0 saturated heterocycles. The van der Waals surface area contributed by atoms with Crippen molar-refractivity contribution in [1.29, 1.82) is 0 Å². The van der Waals surface area contributed by atoms with Gasteiger partial charge >= 0.3 is 0 Å². The average Bonchev–Trinajstić information content (AvgIpc) is 2.51. The smallest absolute Gasteiger partial charge is 0.237 e. The van der Waals surface area contributed by atoms with Crippen LogP contribution >= 0.6 is 0 Å². The van der Waals surface area contributed by atoms with Gasteiger partial charge in [0.15, 0.2) is 5.78 Å². The van der Waals surface area contributed by atoms with E-state index in [9.17, 15) is 14.4 Å². The summed E-state index contributed by atoms with van der Waals surface area (Å²) in [5.74, 6) is -1.42. The Morgan fingerprint density at radius 3 is 2.40 bits per heavy atom. The first-order chi connectivity index (χ1) is 9.68. The Morgan fingerprint density at radius 2 is 1.65 bits per heavy atom. The lowest BCUT2D eigenvalue weighted by Gasteiger charge is -2.22. The number of benzene rings is 1. The molecule has 102 valence electrons. The Morgan fingerprint density at radius 1 is 0.950 bits per heavy atom. The van der Waals surface area contributed by atoms with E-state index in [0.29, 0.717) is 11.1 Å². The number of fused-ring (bicyclic) bond motifs is 1. The normalized spacial score (nSPS) is 19.5. The van der Waals surface area contributed by atoms with Crippen LogP contribution in [0.3, 0.4) is 0 Å². The second kappa shape index (κ2) is 5.16. The van der Waals surface area contributed by atoms with Crippen molar-refractivity contribution in [2.45, 2.75) is 32.1 Å². The molecule has 2 aliphatic carbocycles. The van der Waals surface area contributed by atoms with Gasteiger partial charge < -0.3 is 0 Å². The molecule has 1 saturated carbocycles. The van der Waals surface area contributed by atoms with Crippen molar-refractivity contribution in [3.8, 4) is 0 Å². The molecule has 1 fully saturated rings. The summed E-state index contributed by atoms with van der Waals surface area (Å²) in [6, 6.07) is 6.94. The van der Waals surface area contributed by atoms with E-state index in [1.54, 1.807) is 30.3 Å². The molecular formula is C17H16O3. The Kier molecular flexibility index (Phi) is 3.35. The fourth-order valence-electron chi connectivity index (χ4n) is 3.06. The first-order valence-corrected chi connectivity index (χ1v) is 7.12. The second-order valence-corrected chi connectivity index (χ2v) is 5.50. The maximum Gasteiger partial charge on any atom is 0.237 e. The van der Waals surface area contributed by atoms with Gasteiger partial charge in [0.25, 0.3) is 0 Å². The Hall–Kier alpha value is -2.03. The molecule has 0 N–H and O–H groups in total. The number of hydrogen-bond donors (Lipinski definition) is 0. The number of carbonyl (C=O) groups excluding carboxylic acids is 3. The maximum absolute atomic E-state index is 12.5. The van der Waals surface area contributed by atoms with Crippen LogP contribution in [0.25, 0.3) is 6.08 Å². The van der Waals surface area contributed by atoms with Crippen LogP contribution < -0.4 is 0 Å². The Labute approximate surface area is 117 Å². The lowest BCUT2D eigenvalue weighted by molar-refractivity contribution is -0.123. The van der Waals surface area contributed by atoms with E-state index in [1.165, 1.54) is 0 Å². The van der Waals surface area contributed by atoms with E-state index in [-0.39, 0.29) is 17.3 Å². The average molecular weight is 268 g/mol. The molecule has 0 heterocycles. The van der Waals surface area contributed by atoms with Crippen LogP contribution in [0.1, 0.15) is 48.0 Å². The third-order valence-corrected chi connectivity index (χ3v) is 4.20. The summed E-state index contributed by atoms with van der Waals surface area (Å²) in [6.45, 7) is 0. The standard InChI is InChI=1S/C17H16O3/c18-15(11-6-2-1-3-7-11)14-10-12-8-4-5-9-13(12)16(19)17(14)20/h4-5,8-11H,1-3,6-7H2. The molecule has 0 radical (unpaired) electrons. The minimum Gasteiger partial charge on any atom is -0.294 e.